The number of rotatable bonds is 7. The Morgan fingerprint density at radius 2 is 2.10 bits per heavy atom. The van der Waals surface area contributed by atoms with Crippen molar-refractivity contribution >= 4 is 46.2 Å². The summed E-state index contributed by atoms with van der Waals surface area (Å²) in [6, 6.07) is 5.32. The molecule has 2 aromatic rings. The normalized spacial score (nSPS) is 16.6. The van der Waals surface area contributed by atoms with Crippen LogP contribution in [0, 0.1) is 5.92 Å². The van der Waals surface area contributed by atoms with E-state index in [1.807, 2.05) is 0 Å². The summed E-state index contributed by atoms with van der Waals surface area (Å²) < 4.78 is 10.6. The summed E-state index contributed by atoms with van der Waals surface area (Å²) in [6.07, 6.45) is 2.47. The number of ether oxygens (including phenoxy) is 2. The highest BCUT2D eigenvalue weighted by Crippen LogP contribution is 2.36. The van der Waals surface area contributed by atoms with Gasteiger partial charge in [0.05, 0.1) is 9.91 Å². The van der Waals surface area contributed by atoms with E-state index >= 15 is 0 Å². The number of imide groups is 1. The fourth-order valence-corrected chi connectivity index (χ4v) is 4.93. The van der Waals surface area contributed by atoms with Gasteiger partial charge in [-0.3, -0.25) is 19.3 Å². The van der Waals surface area contributed by atoms with Gasteiger partial charge < -0.3 is 14.8 Å². The van der Waals surface area contributed by atoms with Crippen molar-refractivity contribution in [3.05, 3.63) is 44.7 Å². The summed E-state index contributed by atoms with van der Waals surface area (Å²) in [7, 11) is 0. The molecular formula is C21H21N3O5S2. The molecular weight excluding hydrogens is 438 g/mol. The molecule has 0 radical (unpaired) electrons. The van der Waals surface area contributed by atoms with Crippen molar-refractivity contribution in [2.45, 2.75) is 20.3 Å². The van der Waals surface area contributed by atoms with Crippen LogP contribution in [0.25, 0.3) is 6.08 Å². The average molecular weight is 460 g/mol. The minimum absolute atomic E-state index is 0.0951. The van der Waals surface area contributed by atoms with Gasteiger partial charge in [-0.2, -0.15) is 0 Å². The first kappa shape index (κ1) is 21.4. The lowest BCUT2D eigenvalue weighted by atomic mass is 10.1. The number of carbonyl (C=O) groups excluding carboxylic acids is 3. The van der Waals surface area contributed by atoms with E-state index in [0.717, 1.165) is 33.7 Å². The number of nitrogens with one attached hydrogen (secondary N) is 1. The highest BCUT2D eigenvalue weighted by Gasteiger charge is 2.34. The lowest BCUT2D eigenvalue weighted by Gasteiger charge is -2.12. The number of aromatic nitrogens is 1. The van der Waals surface area contributed by atoms with Crippen molar-refractivity contribution in [3.63, 3.8) is 0 Å². The molecule has 3 amide bonds. The van der Waals surface area contributed by atoms with E-state index in [-0.39, 0.29) is 36.9 Å². The Kier molecular flexibility index (Phi) is 6.28. The van der Waals surface area contributed by atoms with Crippen LogP contribution in [0.3, 0.4) is 0 Å². The number of hydrogen-bond acceptors (Lipinski definition) is 8. The third-order valence-electron chi connectivity index (χ3n) is 4.56. The molecule has 1 aromatic carbocycles. The van der Waals surface area contributed by atoms with Gasteiger partial charge in [0.15, 0.2) is 11.5 Å². The summed E-state index contributed by atoms with van der Waals surface area (Å²) >= 11 is 2.33. The number of fused-ring (bicyclic) bond motifs is 1. The molecule has 2 aliphatic heterocycles. The number of nitrogens with zero attached hydrogens (tertiary/aromatic N) is 2. The van der Waals surface area contributed by atoms with E-state index in [9.17, 15) is 14.4 Å². The summed E-state index contributed by atoms with van der Waals surface area (Å²) in [6.45, 7) is 4.61. The van der Waals surface area contributed by atoms with E-state index in [2.05, 4.69) is 24.1 Å². The minimum Gasteiger partial charge on any atom is -0.454 e. The van der Waals surface area contributed by atoms with Gasteiger partial charge in [-0.05, 0) is 41.5 Å². The maximum atomic E-state index is 12.6. The van der Waals surface area contributed by atoms with Crippen molar-refractivity contribution in [3.8, 4) is 11.5 Å². The molecule has 0 atom stereocenters. The highest BCUT2D eigenvalue weighted by molar-refractivity contribution is 8.18. The van der Waals surface area contributed by atoms with Crippen LogP contribution in [-0.2, 0) is 11.2 Å². The zero-order chi connectivity index (χ0) is 22.0. The smallest absolute Gasteiger partial charge is 0.293 e. The van der Waals surface area contributed by atoms with Gasteiger partial charge in [0, 0.05) is 24.9 Å². The quantitative estimate of drug-likeness (QED) is 0.633. The Labute approximate surface area is 187 Å². The molecule has 0 saturated carbocycles. The lowest BCUT2D eigenvalue weighted by Crippen LogP contribution is -2.37. The monoisotopic (exact) mass is 459 g/mol. The molecule has 0 bridgehead atoms. The van der Waals surface area contributed by atoms with Crippen LogP contribution in [0.4, 0.5) is 4.79 Å². The predicted octanol–water partition coefficient (Wildman–Crippen LogP) is 3.54. The molecule has 1 fully saturated rings. The van der Waals surface area contributed by atoms with Crippen LogP contribution in [0.15, 0.2) is 28.5 Å². The number of thioether (sulfide) groups is 1. The third-order valence-corrected chi connectivity index (χ3v) is 6.33. The second-order valence-corrected chi connectivity index (χ2v) is 9.36. The van der Waals surface area contributed by atoms with E-state index in [1.54, 1.807) is 29.7 Å². The molecule has 0 aliphatic carbocycles. The van der Waals surface area contributed by atoms with Crippen LogP contribution in [0.1, 0.15) is 34.9 Å². The molecule has 0 unspecified atom stereocenters. The van der Waals surface area contributed by atoms with Crippen LogP contribution >= 0.6 is 23.1 Å². The molecule has 1 N–H and O–H groups in total. The van der Waals surface area contributed by atoms with Gasteiger partial charge in [-0.1, -0.05) is 19.9 Å². The Bertz CT molecular complexity index is 1060. The second-order valence-electron chi connectivity index (χ2n) is 7.43. The van der Waals surface area contributed by atoms with Gasteiger partial charge in [0.2, 0.25) is 6.79 Å². The Hall–Kier alpha value is -2.85. The van der Waals surface area contributed by atoms with Crippen LogP contribution in [0.5, 0.6) is 11.5 Å². The zero-order valence-electron chi connectivity index (χ0n) is 17.0. The molecule has 2 aliphatic rings. The van der Waals surface area contributed by atoms with Gasteiger partial charge in [-0.25, -0.2) is 4.98 Å². The van der Waals surface area contributed by atoms with Gasteiger partial charge in [0.25, 0.3) is 17.1 Å². The van der Waals surface area contributed by atoms with Gasteiger partial charge in [0.1, 0.15) is 5.69 Å². The highest BCUT2D eigenvalue weighted by atomic mass is 32.2. The van der Waals surface area contributed by atoms with Crippen molar-refractivity contribution in [2.75, 3.05) is 19.9 Å². The van der Waals surface area contributed by atoms with E-state index in [4.69, 9.17) is 9.47 Å². The topological polar surface area (TPSA) is 97.8 Å². The average Bonchev–Trinajstić information content (AvgIpc) is 3.43. The predicted molar refractivity (Wildman–Crippen MR) is 118 cm³/mol. The van der Waals surface area contributed by atoms with Crippen molar-refractivity contribution in [2.24, 2.45) is 5.92 Å². The molecule has 0 spiro atoms. The molecule has 162 valence electrons. The van der Waals surface area contributed by atoms with Crippen molar-refractivity contribution in [1.82, 2.24) is 15.2 Å². The Balaban J connectivity index is 1.33. The molecule has 1 aromatic heterocycles. The third kappa shape index (κ3) is 4.91. The fraction of sp³-hybridized carbons (Fsp3) is 0.333. The fourth-order valence-electron chi connectivity index (χ4n) is 3.08. The van der Waals surface area contributed by atoms with Crippen LogP contribution < -0.4 is 14.8 Å². The standard InChI is InChI=1S/C21H21N3O5S2/c1-12(2)7-18-23-14(10-30-18)19(25)22-5-6-24-20(26)17(31-21(24)27)9-13-3-4-15-16(8-13)29-11-28-15/h3-4,8-10,12H,5-7,11H2,1-2H3,(H,22,25)/b17-9+. The van der Waals surface area contributed by atoms with Gasteiger partial charge >= 0.3 is 0 Å². The van der Waals surface area contributed by atoms with Crippen LogP contribution in [-0.4, -0.2) is 46.8 Å². The minimum atomic E-state index is -0.380. The molecule has 1 saturated heterocycles. The Morgan fingerprint density at radius 1 is 1.29 bits per heavy atom. The Morgan fingerprint density at radius 3 is 2.90 bits per heavy atom. The van der Waals surface area contributed by atoms with E-state index < -0.39 is 0 Å². The maximum absolute atomic E-state index is 12.6. The molecule has 4 rings (SSSR count). The first-order chi connectivity index (χ1) is 14.9. The summed E-state index contributed by atoms with van der Waals surface area (Å²) in [5, 5.41) is 5.00. The number of amides is 3. The summed E-state index contributed by atoms with van der Waals surface area (Å²) in [4.78, 5) is 43.0. The number of hydrogen-bond donors (Lipinski definition) is 1. The van der Waals surface area contributed by atoms with Crippen LogP contribution in [0.2, 0.25) is 0 Å². The summed E-state index contributed by atoms with van der Waals surface area (Å²) in [5.41, 5.74) is 1.10. The molecule has 8 nitrogen and oxygen atoms in total. The van der Waals surface area contributed by atoms with Gasteiger partial charge in [-0.15, -0.1) is 11.3 Å². The second kappa shape index (κ2) is 9.11. The number of thiazole rings is 1. The van der Waals surface area contributed by atoms with Crippen molar-refractivity contribution in [1.29, 1.82) is 0 Å². The number of carbonyl (C=O) groups is 3. The van der Waals surface area contributed by atoms with E-state index in [1.165, 1.54) is 11.3 Å². The molecule has 10 heteroatoms. The van der Waals surface area contributed by atoms with E-state index in [0.29, 0.717) is 28.0 Å². The molecule has 3 heterocycles. The number of benzene rings is 1. The maximum Gasteiger partial charge on any atom is 0.293 e. The first-order valence-electron chi connectivity index (χ1n) is 9.78. The SMILES string of the molecule is CC(C)Cc1nc(C(=O)NCCN2C(=O)S/C(=C/c3ccc4c(c3)OCO4)C2=O)cs1. The summed E-state index contributed by atoms with van der Waals surface area (Å²) in [5.74, 6) is 1.03. The first-order valence-corrected chi connectivity index (χ1v) is 11.5. The lowest BCUT2D eigenvalue weighted by molar-refractivity contribution is -0.122. The zero-order valence-corrected chi connectivity index (χ0v) is 18.7. The van der Waals surface area contributed by atoms with Crippen molar-refractivity contribution < 1.29 is 23.9 Å². The molecule has 31 heavy (non-hydrogen) atoms. The largest absolute Gasteiger partial charge is 0.454 e.